The molecule has 0 saturated carbocycles. The van der Waals surface area contributed by atoms with Gasteiger partial charge in [-0.1, -0.05) is 24.3 Å². The van der Waals surface area contributed by atoms with Crippen LogP contribution >= 0.6 is 0 Å². The summed E-state index contributed by atoms with van der Waals surface area (Å²) in [6.07, 6.45) is 2.09. The first-order valence-electron chi connectivity index (χ1n) is 7.63. The van der Waals surface area contributed by atoms with E-state index in [-0.39, 0.29) is 10.6 Å². The van der Waals surface area contributed by atoms with Gasteiger partial charge in [0.15, 0.2) is 0 Å². The molecule has 0 spiro atoms. The van der Waals surface area contributed by atoms with Gasteiger partial charge in [0.25, 0.3) is 5.69 Å². The molecule has 0 saturated heterocycles. The summed E-state index contributed by atoms with van der Waals surface area (Å²) in [5, 5.41) is 10.6. The molecule has 23 heavy (non-hydrogen) atoms. The molecule has 0 aliphatic heterocycles. The Bertz CT molecular complexity index is 624. The third kappa shape index (κ3) is 5.38. The van der Waals surface area contributed by atoms with Crippen LogP contribution in [0.3, 0.4) is 0 Å². The molecule has 2 aromatic carbocycles. The first-order valence-corrected chi connectivity index (χ1v) is 7.63. The van der Waals surface area contributed by atoms with Gasteiger partial charge in [0.1, 0.15) is 5.75 Å². The van der Waals surface area contributed by atoms with Gasteiger partial charge in [-0.15, -0.1) is 0 Å². The SMILES string of the molecule is COc1ccc(CCCN(C)Cc2ccc([N+](=O)[O-])cc2)cc1. The van der Waals surface area contributed by atoms with E-state index >= 15 is 0 Å². The number of non-ortho nitro benzene ring substituents is 1. The van der Waals surface area contributed by atoms with Crippen molar-refractivity contribution in [3.05, 3.63) is 69.8 Å². The van der Waals surface area contributed by atoms with Gasteiger partial charge >= 0.3 is 0 Å². The third-order valence-electron chi connectivity index (χ3n) is 3.76. The number of benzene rings is 2. The molecule has 2 rings (SSSR count). The second-order valence-corrected chi connectivity index (χ2v) is 5.61. The fourth-order valence-corrected chi connectivity index (χ4v) is 2.46. The minimum absolute atomic E-state index is 0.135. The van der Waals surface area contributed by atoms with Crippen LogP contribution in [-0.4, -0.2) is 30.5 Å². The zero-order chi connectivity index (χ0) is 16.7. The van der Waals surface area contributed by atoms with E-state index in [0.717, 1.165) is 37.2 Å². The van der Waals surface area contributed by atoms with Crippen molar-refractivity contribution in [3.8, 4) is 5.75 Å². The fraction of sp³-hybridized carbons (Fsp3) is 0.333. The Morgan fingerprint density at radius 1 is 1.04 bits per heavy atom. The number of aryl methyl sites for hydroxylation is 1. The molecule has 0 heterocycles. The molecule has 122 valence electrons. The van der Waals surface area contributed by atoms with Crippen molar-refractivity contribution in [2.45, 2.75) is 19.4 Å². The number of nitrogens with zero attached hydrogens (tertiary/aromatic N) is 2. The summed E-state index contributed by atoms with van der Waals surface area (Å²) in [6, 6.07) is 14.9. The van der Waals surface area contributed by atoms with Crippen molar-refractivity contribution in [3.63, 3.8) is 0 Å². The molecule has 0 aliphatic carbocycles. The Labute approximate surface area is 136 Å². The molecule has 5 heteroatoms. The number of hydrogen-bond acceptors (Lipinski definition) is 4. The number of rotatable bonds is 8. The smallest absolute Gasteiger partial charge is 0.269 e. The van der Waals surface area contributed by atoms with Gasteiger partial charge in [0, 0.05) is 18.7 Å². The molecule has 0 N–H and O–H groups in total. The lowest BCUT2D eigenvalue weighted by Crippen LogP contribution is -2.19. The van der Waals surface area contributed by atoms with Crippen LogP contribution in [0.5, 0.6) is 5.75 Å². The van der Waals surface area contributed by atoms with E-state index in [1.54, 1.807) is 19.2 Å². The topological polar surface area (TPSA) is 55.6 Å². The monoisotopic (exact) mass is 314 g/mol. The van der Waals surface area contributed by atoms with Crippen molar-refractivity contribution in [2.75, 3.05) is 20.7 Å². The van der Waals surface area contributed by atoms with Gasteiger partial charge in [0.2, 0.25) is 0 Å². The maximum atomic E-state index is 10.6. The van der Waals surface area contributed by atoms with Crippen molar-refractivity contribution in [1.82, 2.24) is 4.90 Å². The van der Waals surface area contributed by atoms with Crippen molar-refractivity contribution >= 4 is 5.69 Å². The van der Waals surface area contributed by atoms with Crippen LogP contribution in [-0.2, 0) is 13.0 Å². The second kappa shape index (κ2) is 8.29. The van der Waals surface area contributed by atoms with Crippen molar-refractivity contribution < 1.29 is 9.66 Å². The zero-order valence-electron chi connectivity index (χ0n) is 13.6. The first-order chi connectivity index (χ1) is 11.1. The van der Waals surface area contributed by atoms with E-state index in [1.165, 1.54) is 5.56 Å². The minimum atomic E-state index is -0.373. The molecule has 0 aliphatic rings. The molecule has 0 aromatic heterocycles. The first kappa shape index (κ1) is 17.0. The van der Waals surface area contributed by atoms with E-state index in [1.807, 2.05) is 24.3 Å². The maximum absolute atomic E-state index is 10.6. The summed E-state index contributed by atoms with van der Waals surface area (Å²) in [5.41, 5.74) is 2.52. The highest BCUT2D eigenvalue weighted by Crippen LogP contribution is 2.14. The van der Waals surface area contributed by atoms with Crippen molar-refractivity contribution in [2.24, 2.45) is 0 Å². The van der Waals surface area contributed by atoms with Gasteiger partial charge in [0.05, 0.1) is 12.0 Å². The van der Waals surface area contributed by atoms with E-state index in [4.69, 9.17) is 4.74 Å². The Morgan fingerprint density at radius 3 is 2.22 bits per heavy atom. The van der Waals surface area contributed by atoms with Crippen LogP contribution in [0.2, 0.25) is 0 Å². The van der Waals surface area contributed by atoms with Crippen LogP contribution in [0, 0.1) is 10.1 Å². The molecular weight excluding hydrogens is 292 g/mol. The average Bonchev–Trinajstić information content (AvgIpc) is 2.56. The van der Waals surface area contributed by atoms with Crippen LogP contribution in [0.1, 0.15) is 17.5 Å². The quantitative estimate of drug-likeness (QED) is 0.551. The molecule has 0 fully saturated rings. The van der Waals surface area contributed by atoms with Gasteiger partial charge in [-0.2, -0.15) is 0 Å². The number of nitro benzene ring substituents is 1. The largest absolute Gasteiger partial charge is 0.497 e. The summed E-state index contributed by atoms with van der Waals surface area (Å²) in [7, 11) is 3.73. The van der Waals surface area contributed by atoms with Gasteiger partial charge in [-0.3, -0.25) is 10.1 Å². The number of nitro groups is 1. The summed E-state index contributed by atoms with van der Waals surface area (Å²) in [5.74, 6) is 0.879. The maximum Gasteiger partial charge on any atom is 0.269 e. The van der Waals surface area contributed by atoms with Gasteiger partial charge in [-0.05, 0) is 49.7 Å². The Morgan fingerprint density at radius 2 is 1.65 bits per heavy atom. The van der Waals surface area contributed by atoms with Crippen LogP contribution in [0.15, 0.2) is 48.5 Å². The zero-order valence-corrected chi connectivity index (χ0v) is 13.6. The predicted octanol–water partition coefficient (Wildman–Crippen LogP) is 3.67. The Hall–Kier alpha value is -2.40. The Kier molecular flexibility index (Phi) is 6.11. The van der Waals surface area contributed by atoms with Crippen LogP contribution in [0.4, 0.5) is 5.69 Å². The van der Waals surface area contributed by atoms with Crippen molar-refractivity contribution in [1.29, 1.82) is 0 Å². The van der Waals surface area contributed by atoms with Crippen LogP contribution < -0.4 is 4.74 Å². The average molecular weight is 314 g/mol. The normalized spacial score (nSPS) is 10.7. The van der Waals surface area contributed by atoms with Gasteiger partial charge < -0.3 is 9.64 Å². The van der Waals surface area contributed by atoms with E-state index < -0.39 is 0 Å². The molecule has 0 amide bonds. The fourth-order valence-electron chi connectivity index (χ4n) is 2.46. The summed E-state index contributed by atoms with van der Waals surface area (Å²) >= 11 is 0. The highest BCUT2D eigenvalue weighted by atomic mass is 16.6. The highest BCUT2D eigenvalue weighted by Gasteiger charge is 2.06. The minimum Gasteiger partial charge on any atom is -0.497 e. The number of hydrogen-bond donors (Lipinski definition) is 0. The molecule has 2 aromatic rings. The van der Waals surface area contributed by atoms with E-state index in [9.17, 15) is 10.1 Å². The molecule has 0 bridgehead atoms. The van der Waals surface area contributed by atoms with Gasteiger partial charge in [-0.25, -0.2) is 0 Å². The van der Waals surface area contributed by atoms with E-state index in [2.05, 4.69) is 24.1 Å². The predicted molar refractivity (Wildman–Crippen MR) is 90.7 cm³/mol. The Balaban J connectivity index is 1.75. The molecule has 0 radical (unpaired) electrons. The molecular formula is C18H22N2O3. The standard InChI is InChI=1S/C18H22N2O3/c1-19(14-16-5-9-17(10-6-16)20(21)22)13-3-4-15-7-11-18(23-2)12-8-15/h5-12H,3-4,13-14H2,1-2H3. The summed E-state index contributed by atoms with van der Waals surface area (Å²) < 4.78 is 5.15. The van der Waals surface area contributed by atoms with Crippen LogP contribution in [0.25, 0.3) is 0 Å². The second-order valence-electron chi connectivity index (χ2n) is 5.61. The summed E-state index contributed by atoms with van der Waals surface area (Å²) in [6.45, 7) is 1.77. The lowest BCUT2D eigenvalue weighted by Gasteiger charge is -2.16. The lowest BCUT2D eigenvalue weighted by molar-refractivity contribution is -0.384. The number of methoxy groups -OCH3 is 1. The summed E-state index contributed by atoms with van der Waals surface area (Å²) in [4.78, 5) is 12.5. The van der Waals surface area contributed by atoms with E-state index in [0.29, 0.717) is 0 Å². The molecule has 5 nitrogen and oxygen atoms in total. The number of ether oxygens (including phenoxy) is 1. The molecule has 0 unspecified atom stereocenters. The molecule has 0 atom stereocenters. The lowest BCUT2D eigenvalue weighted by atomic mass is 10.1. The highest BCUT2D eigenvalue weighted by molar-refractivity contribution is 5.32. The third-order valence-corrected chi connectivity index (χ3v) is 3.76.